The average molecular weight is 462 g/mol. The van der Waals surface area contributed by atoms with Crippen molar-refractivity contribution in [3.8, 4) is 22.9 Å². The number of primary amides is 1. The molecule has 0 fully saturated rings. The molecule has 0 atom stereocenters. The van der Waals surface area contributed by atoms with E-state index in [9.17, 15) is 18.5 Å². The lowest BCUT2D eigenvalue weighted by atomic mass is 10.1. The van der Waals surface area contributed by atoms with Gasteiger partial charge in [-0.1, -0.05) is 35.5 Å². The number of sulfonamides is 1. The fraction of sp³-hybridized carbons (Fsp3) is 0.0455. The van der Waals surface area contributed by atoms with Gasteiger partial charge in [-0.05, 0) is 36.8 Å². The van der Waals surface area contributed by atoms with Gasteiger partial charge in [-0.25, -0.2) is 17.9 Å². The van der Waals surface area contributed by atoms with Crippen LogP contribution in [0, 0.1) is 18.3 Å². The molecule has 0 aliphatic heterocycles. The number of carbonyl (C=O) groups excluding carboxylic acids is 1. The van der Waals surface area contributed by atoms with Crippen LogP contribution in [0.3, 0.4) is 0 Å². The molecular formula is C22H18N6O4S. The minimum atomic E-state index is -3.91. The zero-order chi connectivity index (χ0) is 23.6. The van der Waals surface area contributed by atoms with E-state index in [1.54, 1.807) is 29.8 Å². The molecule has 2 aromatic heterocycles. The number of hydrogen-bond acceptors (Lipinski definition) is 6. The third-order valence-corrected chi connectivity index (χ3v) is 6.09. The van der Waals surface area contributed by atoms with Gasteiger partial charge in [0.05, 0.1) is 10.6 Å². The number of carbonyl (C=O) groups is 1. The maximum Gasteiger partial charge on any atom is 0.317 e. The Morgan fingerprint density at radius 3 is 2.42 bits per heavy atom. The normalized spacial score (nSPS) is 11.0. The lowest BCUT2D eigenvalue weighted by Gasteiger charge is -2.11. The van der Waals surface area contributed by atoms with E-state index in [0.717, 1.165) is 5.56 Å². The van der Waals surface area contributed by atoms with Gasteiger partial charge in [0.15, 0.2) is 0 Å². The summed E-state index contributed by atoms with van der Waals surface area (Å²) in [6.07, 6.45) is 1.68. The molecule has 4 rings (SSSR count). The van der Waals surface area contributed by atoms with E-state index in [1.807, 2.05) is 30.3 Å². The quantitative estimate of drug-likeness (QED) is 0.397. The largest absolute Gasteiger partial charge is 0.351 e. The van der Waals surface area contributed by atoms with Crippen LogP contribution in [0.5, 0.6) is 0 Å². The fourth-order valence-electron chi connectivity index (χ4n) is 3.29. The first kappa shape index (κ1) is 21.7. The molecule has 0 spiro atoms. The summed E-state index contributed by atoms with van der Waals surface area (Å²) in [4.78, 5) is 11.6. The van der Waals surface area contributed by atoms with Gasteiger partial charge in [0.25, 0.3) is 10.0 Å². The number of aromatic nitrogens is 2. The fourth-order valence-corrected chi connectivity index (χ4v) is 4.26. The highest BCUT2D eigenvalue weighted by atomic mass is 32.2. The maximum atomic E-state index is 12.6. The lowest BCUT2D eigenvalue weighted by Crippen LogP contribution is -2.21. The van der Waals surface area contributed by atoms with E-state index in [-0.39, 0.29) is 22.2 Å². The summed E-state index contributed by atoms with van der Waals surface area (Å²) in [6.45, 7) is 1.67. The maximum absolute atomic E-state index is 12.6. The predicted molar refractivity (Wildman–Crippen MR) is 121 cm³/mol. The van der Waals surface area contributed by atoms with Crippen LogP contribution in [0.25, 0.3) is 16.8 Å². The number of nitrogens with zero attached hydrogens (tertiary/aromatic N) is 3. The van der Waals surface area contributed by atoms with Gasteiger partial charge in [-0.3, -0.25) is 5.32 Å². The monoisotopic (exact) mass is 462 g/mol. The zero-order valence-corrected chi connectivity index (χ0v) is 18.1. The topological polar surface area (TPSA) is 156 Å². The van der Waals surface area contributed by atoms with Crippen LogP contribution in [0.2, 0.25) is 0 Å². The van der Waals surface area contributed by atoms with Crippen molar-refractivity contribution in [2.24, 2.45) is 5.73 Å². The highest BCUT2D eigenvalue weighted by Crippen LogP contribution is 2.33. The van der Waals surface area contributed by atoms with Gasteiger partial charge in [-0.15, -0.1) is 0 Å². The number of nitriles is 1. The van der Waals surface area contributed by atoms with Crippen molar-refractivity contribution in [1.29, 1.82) is 5.26 Å². The summed E-state index contributed by atoms with van der Waals surface area (Å²) in [5, 5.41) is 15.9. The molecule has 166 valence electrons. The Kier molecular flexibility index (Phi) is 5.60. The SMILES string of the molecule is Cc1cc(NS(=O)(=O)c2ccc(-n3cc(-c4ccccc4)c(C#N)c3NC(N)=O)cc2)on1. The Balaban J connectivity index is 1.75. The van der Waals surface area contributed by atoms with Crippen molar-refractivity contribution in [1.82, 2.24) is 9.72 Å². The Bertz CT molecular complexity index is 1470. The third-order valence-electron chi connectivity index (χ3n) is 4.73. The van der Waals surface area contributed by atoms with E-state index in [4.69, 9.17) is 10.3 Å². The molecule has 11 heteroatoms. The molecule has 0 bridgehead atoms. The van der Waals surface area contributed by atoms with Crippen LogP contribution < -0.4 is 15.8 Å². The lowest BCUT2D eigenvalue weighted by molar-refractivity contribution is 0.259. The molecule has 0 saturated carbocycles. The van der Waals surface area contributed by atoms with E-state index < -0.39 is 16.1 Å². The first-order valence-electron chi connectivity index (χ1n) is 9.62. The molecule has 4 aromatic rings. The summed E-state index contributed by atoms with van der Waals surface area (Å²) in [7, 11) is -3.91. The Morgan fingerprint density at radius 2 is 1.85 bits per heavy atom. The number of nitrogens with two attached hydrogens (primary N) is 1. The van der Waals surface area contributed by atoms with Crippen molar-refractivity contribution in [3.63, 3.8) is 0 Å². The minimum absolute atomic E-state index is 0.00101. The smallest absolute Gasteiger partial charge is 0.317 e. The molecule has 33 heavy (non-hydrogen) atoms. The van der Waals surface area contributed by atoms with Gasteiger partial charge in [0, 0.05) is 23.5 Å². The van der Waals surface area contributed by atoms with E-state index in [0.29, 0.717) is 16.9 Å². The zero-order valence-electron chi connectivity index (χ0n) is 17.3. The summed E-state index contributed by atoms with van der Waals surface area (Å²) >= 11 is 0. The molecular weight excluding hydrogens is 444 g/mol. The Labute approximate surface area is 189 Å². The van der Waals surface area contributed by atoms with E-state index in [2.05, 4.69) is 21.3 Å². The standard InChI is InChI=1S/C22H18N6O4S/c1-14-11-20(32-26-14)27-33(30,31)17-9-7-16(8-10-17)28-13-19(15-5-3-2-4-6-15)18(12-23)21(28)25-22(24)29/h2-11,13,27H,1H3,(H3,24,25,29). The van der Waals surface area contributed by atoms with Crippen LogP contribution in [0.4, 0.5) is 16.5 Å². The average Bonchev–Trinajstić information content (AvgIpc) is 3.36. The number of urea groups is 1. The molecule has 10 nitrogen and oxygen atoms in total. The highest BCUT2D eigenvalue weighted by molar-refractivity contribution is 7.92. The van der Waals surface area contributed by atoms with Crippen molar-refractivity contribution in [3.05, 3.63) is 78.1 Å². The van der Waals surface area contributed by atoms with Crippen molar-refractivity contribution in [2.75, 3.05) is 10.0 Å². The number of amides is 2. The highest BCUT2D eigenvalue weighted by Gasteiger charge is 2.21. The molecule has 2 amide bonds. The van der Waals surface area contributed by atoms with Crippen LogP contribution in [-0.4, -0.2) is 24.2 Å². The van der Waals surface area contributed by atoms with E-state index >= 15 is 0 Å². The number of benzene rings is 2. The van der Waals surface area contributed by atoms with Crippen LogP contribution in [-0.2, 0) is 10.0 Å². The van der Waals surface area contributed by atoms with Crippen molar-refractivity contribution in [2.45, 2.75) is 11.8 Å². The van der Waals surface area contributed by atoms with Crippen LogP contribution >= 0.6 is 0 Å². The van der Waals surface area contributed by atoms with Gasteiger partial charge < -0.3 is 14.8 Å². The van der Waals surface area contributed by atoms with Crippen molar-refractivity contribution >= 4 is 27.8 Å². The molecule has 0 aliphatic rings. The molecule has 0 saturated heterocycles. The number of aryl methyl sites for hydroxylation is 1. The second kappa shape index (κ2) is 8.52. The molecule has 0 unspecified atom stereocenters. The Morgan fingerprint density at radius 1 is 1.15 bits per heavy atom. The van der Waals surface area contributed by atoms with Crippen LogP contribution in [0.15, 0.2) is 76.3 Å². The molecule has 2 aromatic carbocycles. The summed E-state index contributed by atoms with van der Waals surface area (Å²) in [6, 6.07) is 17.8. The molecule has 0 radical (unpaired) electrons. The second-order valence-corrected chi connectivity index (χ2v) is 8.72. The first-order chi connectivity index (χ1) is 15.8. The van der Waals surface area contributed by atoms with Crippen molar-refractivity contribution < 1.29 is 17.7 Å². The summed E-state index contributed by atoms with van der Waals surface area (Å²) in [5.74, 6) is 0.177. The van der Waals surface area contributed by atoms with Crippen LogP contribution in [0.1, 0.15) is 11.3 Å². The predicted octanol–water partition coefficient (Wildman–Crippen LogP) is 3.60. The number of hydrogen-bond donors (Lipinski definition) is 3. The van der Waals surface area contributed by atoms with Gasteiger partial charge >= 0.3 is 6.03 Å². The molecule has 2 heterocycles. The van der Waals surface area contributed by atoms with Gasteiger partial charge in [0.1, 0.15) is 17.5 Å². The van der Waals surface area contributed by atoms with E-state index in [1.165, 1.54) is 18.2 Å². The summed E-state index contributed by atoms with van der Waals surface area (Å²) < 4.78 is 34.1. The second-order valence-electron chi connectivity index (χ2n) is 7.04. The molecule has 0 aliphatic carbocycles. The molecule has 4 N–H and O–H groups in total. The number of rotatable bonds is 6. The summed E-state index contributed by atoms with van der Waals surface area (Å²) in [5.41, 5.74) is 7.94. The van der Waals surface area contributed by atoms with Gasteiger partial charge in [-0.2, -0.15) is 5.26 Å². The number of nitrogens with one attached hydrogen (secondary N) is 2. The van der Waals surface area contributed by atoms with Gasteiger partial charge in [0.2, 0.25) is 5.88 Å². The first-order valence-corrected chi connectivity index (χ1v) is 11.1. The Hall–Kier alpha value is -4.56. The number of anilines is 2. The minimum Gasteiger partial charge on any atom is -0.351 e. The third kappa shape index (κ3) is 4.41.